The number of hydrogen-bond acceptors (Lipinski definition) is 4. The number of hydrogen-bond donors (Lipinski definition) is 1. The molecule has 0 bridgehead atoms. The van der Waals surface area contributed by atoms with Gasteiger partial charge in [0.2, 0.25) is 0 Å². The molecule has 0 amide bonds. The summed E-state index contributed by atoms with van der Waals surface area (Å²) < 4.78 is 12.4. The molecule has 2 aliphatic heterocycles. The largest absolute Gasteiger partial charge is 0.506 e. The minimum Gasteiger partial charge on any atom is -0.506 e. The molecule has 2 aromatic carbocycles. The van der Waals surface area contributed by atoms with Gasteiger partial charge in [0.1, 0.15) is 34.5 Å². The summed E-state index contributed by atoms with van der Waals surface area (Å²) in [6, 6.07) is 9.64. The van der Waals surface area contributed by atoms with Crippen molar-refractivity contribution in [3.05, 3.63) is 76.9 Å². The predicted octanol–water partition coefficient (Wildman–Crippen LogP) is 5.87. The maximum absolute atomic E-state index is 13.0. The Morgan fingerprint density at radius 3 is 2.66 bits per heavy atom. The van der Waals surface area contributed by atoms with E-state index in [2.05, 4.69) is 6.58 Å². The molecular weight excluding hydrogens is 364 g/mol. The van der Waals surface area contributed by atoms with Crippen LogP contribution in [0.2, 0.25) is 0 Å². The number of Topliss-reactive ketones (excluding diaryl/α,β-unsaturated/α-hetero) is 1. The quantitative estimate of drug-likeness (QED) is 0.668. The summed E-state index contributed by atoms with van der Waals surface area (Å²) in [5, 5.41) is 11.0. The lowest BCUT2D eigenvalue weighted by atomic mass is 9.89. The lowest BCUT2D eigenvalue weighted by molar-refractivity contribution is 0.0841. The van der Waals surface area contributed by atoms with E-state index in [1.54, 1.807) is 12.2 Å². The van der Waals surface area contributed by atoms with E-state index in [0.717, 1.165) is 11.1 Å². The van der Waals surface area contributed by atoms with Crippen LogP contribution >= 0.6 is 0 Å². The SMILES string of the molecule is C=C(C)/C=C/c1c(O)c2c(c3c1OC(C)(C)C=C3)O[C@H](c1ccccc1)CC2=O. The Hall–Kier alpha value is -3.27. The van der Waals surface area contributed by atoms with Crippen molar-refractivity contribution in [3.63, 3.8) is 0 Å². The van der Waals surface area contributed by atoms with Crippen molar-refractivity contribution in [2.24, 2.45) is 0 Å². The zero-order valence-corrected chi connectivity index (χ0v) is 16.9. The lowest BCUT2D eigenvalue weighted by Gasteiger charge is -2.34. The fraction of sp³-hybridized carbons (Fsp3) is 0.240. The summed E-state index contributed by atoms with van der Waals surface area (Å²) >= 11 is 0. The highest BCUT2D eigenvalue weighted by molar-refractivity contribution is 6.06. The number of ketones is 1. The number of phenolic OH excluding ortho intramolecular Hbond substituents is 1. The van der Waals surface area contributed by atoms with Crippen LogP contribution in [0.25, 0.3) is 12.2 Å². The summed E-state index contributed by atoms with van der Waals surface area (Å²) in [5.74, 6) is 0.622. The molecule has 1 atom stereocenters. The molecule has 0 saturated carbocycles. The zero-order valence-electron chi connectivity index (χ0n) is 16.9. The molecule has 29 heavy (non-hydrogen) atoms. The molecule has 0 fully saturated rings. The molecule has 148 valence electrons. The number of rotatable bonds is 3. The standard InChI is InChI=1S/C25H24O4/c1-15(2)10-11-17-22(27)21-19(26)14-20(16-8-6-5-7-9-16)28-24(21)18-12-13-25(3,4)29-23(17)18/h5-13,20,27H,1,14H2,2-4H3/b11-10+/t20-/m0/s1. The molecule has 4 nitrogen and oxygen atoms in total. The highest BCUT2D eigenvalue weighted by Gasteiger charge is 2.37. The van der Waals surface area contributed by atoms with Gasteiger partial charge >= 0.3 is 0 Å². The van der Waals surface area contributed by atoms with E-state index in [4.69, 9.17) is 9.47 Å². The first-order valence-electron chi connectivity index (χ1n) is 9.66. The first-order valence-corrected chi connectivity index (χ1v) is 9.66. The normalized spacial score (nSPS) is 19.3. The molecule has 0 aromatic heterocycles. The molecule has 0 spiro atoms. The van der Waals surface area contributed by atoms with Crippen LogP contribution in [0.3, 0.4) is 0 Å². The number of ether oxygens (including phenoxy) is 2. The smallest absolute Gasteiger partial charge is 0.174 e. The van der Waals surface area contributed by atoms with Crippen LogP contribution < -0.4 is 9.47 Å². The highest BCUT2D eigenvalue weighted by Crippen LogP contribution is 2.51. The highest BCUT2D eigenvalue weighted by atomic mass is 16.5. The molecular formula is C25H24O4. The van der Waals surface area contributed by atoms with Gasteiger partial charge < -0.3 is 14.6 Å². The van der Waals surface area contributed by atoms with Crippen molar-refractivity contribution in [2.45, 2.75) is 38.9 Å². The average Bonchev–Trinajstić information content (AvgIpc) is 2.67. The van der Waals surface area contributed by atoms with E-state index in [0.29, 0.717) is 22.6 Å². The van der Waals surface area contributed by atoms with Crippen LogP contribution in [-0.2, 0) is 0 Å². The second kappa shape index (κ2) is 6.96. The number of phenols is 1. The van der Waals surface area contributed by atoms with Gasteiger partial charge in [-0.05, 0) is 44.6 Å². The predicted molar refractivity (Wildman–Crippen MR) is 114 cm³/mol. The van der Waals surface area contributed by atoms with Crippen LogP contribution in [-0.4, -0.2) is 16.5 Å². The van der Waals surface area contributed by atoms with Gasteiger partial charge in [0.25, 0.3) is 0 Å². The molecule has 0 unspecified atom stereocenters. The molecule has 2 aliphatic rings. The van der Waals surface area contributed by atoms with E-state index >= 15 is 0 Å². The molecule has 0 saturated heterocycles. The minimum atomic E-state index is -0.545. The van der Waals surface area contributed by atoms with Crippen LogP contribution in [0.15, 0.2) is 54.6 Å². The van der Waals surface area contributed by atoms with Gasteiger partial charge in [-0.25, -0.2) is 0 Å². The Morgan fingerprint density at radius 2 is 1.97 bits per heavy atom. The Morgan fingerprint density at radius 1 is 1.24 bits per heavy atom. The zero-order chi connectivity index (χ0) is 20.8. The third kappa shape index (κ3) is 3.46. The summed E-state index contributed by atoms with van der Waals surface area (Å²) in [4.78, 5) is 13.0. The fourth-order valence-corrected chi connectivity index (χ4v) is 3.64. The number of aromatic hydroxyl groups is 1. The molecule has 4 heteroatoms. The van der Waals surface area contributed by atoms with Crippen molar-refractivity contribution >= 4 is 17.9 Å². The fourth-order valence-electron chi connectivity index (χ4n) is 3.64. The Labute approximate surface area is 170 Å². The third-order valence-electron chi connectivity index (χ3n) is 5.08. The summed E-state index contributed by atoms with van der Waals surface area (Å²) in [6.07, 6.45) is 7.14. The Bertz CT molecular complexity index is 1060. The number of carbonyl (C=O) groups is 1. The van der Waals surface area contributed by atoms with Gasteiger partial charge in [0, 0.05) is 0 Å². The first-order chi connectivity index (χ1) is 13.8. The average molecular weight is 388 g/mol. The van der Waals surface area contributed by atoms with Crippen molar-refractivity contribution in [3.8, 4) is 17.2 Å². The van der Waals surface area contributed by atoms with E-state index in [9.17, 15) is 9.90 Å². The van der Waals surface area contributed by atoms with E-state index in [1.165, 1.54) is 0 Å². The molecule has 1 N–H and O–H groups in total. The molecule has 2 heterocycles. The van der Waals surface area contributed by atoms with Crippen molar-refractivity contribution in [1.29, 1.82) is 0 Å². The summed E-state index contributed by atoms with van der Waals surface area (Å²) in [5.41, 5.74) is 2.56. The molecule has 0 radical (unpaired) electrons. The molecule has 2 aromatic rings. The summed E-state index contributed by atoms with van der Waals surface area (Å²) in [7, 11) is 0. The second-order valence-electron chi connectivity index (χ2n) is 8.07. The number of allylic oxidation sites excluding steroid dienone is 2. The van der Waals surface area contributed by atoms with E-state index in [-0.39, 0.29) is 23.5 Å². The Kier molecular flexibility index (Phi) is 4.58. The maximum atomic E-state index is 13.0. The van der Waals surface area contributed by atoms with Crippen molar-refractivity contribution in [2.75, 3.05) is 0 Å². The van der Waals surface area contributed by atoms with Gasteiger partial charge in [-0.15, -0.1) is 0 Å². The monoisotopic (exact) mass is 388 g/mol. The van der Waals surface area contributed by atoms with Gasteiger partial charge in [-0.2, -0.15) is 0 Å². The first kappa shape index (κ1) is 19.1. The number of carbonyl (C=O) groups excluding carboxylic acids is 1. The Balaban J connectivity index is 1.92. The van der Waals surface area contributed by atoms with Gasteiger partial charge in [-0.1, -0.05) is 48.6 Å². The number of fused-ring (bicyclic) bond motifs is 3. The second-order valence-corrected chi connectivity index (χ2v) is 8.07. The maximum Gasteiger partial charge on any atom is 0.174 e. The van der Waals surface area contributed by atoms with E-state index < -0.39 is 11.7 Å². The van der Waals surface area contributed by atoms with Gasteiger partial charge in [0.15, 0.2) is 5.78 Å². The third-order valence-corrected chi connectivity index (χ3v) is 5.08. The van der Waals surface area contributed by atoms with Crippen molar-refractivity contribution in [1.82, 2.24) is 0 Å². The molecule has 4 rings (SSSR count). The number of benzene rings is 2. The van der Waals surface area contributed by atoms with Crippen LogP contribution in [0.1, 0.15) is 60.3 Å². The topological polar surface area (TPSA) is 55.8 Å². The van der Waals surface area contributed by atoms with Gasteiger partial charge in [0.05, 0.1) is 17.5 Å². The van der Waals surface area contributed by atoms with Crippen LogP contribution in [0.4, 0.5) is 0 Å². The van der Waals surface area contributed by atoms with Gasteiger partial charge in [-0.3, -0.25) is 4.79 Å². The van der Waals surface area contributed by atoms with Crippen LogP contribution in [0.5, 0.6) is 17.2 Å². The van der Waals surface area contributed by atoms with E-state index in [1.807, 2.05) is 63.3 Å². The van der Waals surface area contributed by atoms with Crippen molar-refractivity contribution < 1.29 is 19.4 Å². The lowest BCUT2D eigenvalue weighted by Crippen LogP contribution is -2.29. The molecule has 0 aliphatic carbocycles. The van der Waals surface area contributed by atoms with Crippen LogP contribution in [0, 0.1) is 0 Å². The minimum absolute atomic E-state index is 0.112. The summed E-state index contributed by atoms with van der Waals surface area (Å²) in [6.45, 7) is 9.61.